The quantitative estimate of drug-likeness (QED) is 0.878. The van der Waals surface area contributed by atoms with Gasteiger partial charge in [-0.1, -0.05) is 0 Å². The highest BCUT2D eigenvalue weighted by Crippen LogP contribution is 2.38. The highest BCUT2D eigenvalue weighted by molar-refractivity contribution is 7.09. The summed E-state index contributed by atoms with van der Waals surface area (Å²) in [7, 11) is 1.89. The van der Waals surface area contributed by atoms with Crippen LogP contribution in [-0.2, 0) is 6.54 Å². The van der Waals surface area contributed by atoms with Crippen LogP contribution in [0.15, 0.2) is 11.6 Å². The Morgan fingerprint density at radius 2 is 2.11 bits per heavy atom. The molecule has 3 rings (SSSR count). The van der Waals surface area contributed by atoms with Crippen molar-refractivity contribution in [2.75, 3.05) is 17.7 Å². The van der Waals surface area contributed by atoms with E-state index >= 15 is 0 Å². The van der Waals surface area contributed by atoms with E-state index in [2.05, 4.69) is 25.6 Å². The number of thiazole rings is 1. The summed E-state index contributed by atoms with van der Waals surface area (Å²) in [6.45, 7) is 2.79. The molecule has 0 bridgehead atoms. The van der Waals surface area contributed by atoms with Crippen molar-refractivity contribution >= 4 is 23.0 Å². The molecule has 6 heteroatoms. The molecular formula is C13H17N5S. The molecule has 1 aliphatic carbocycles. The fourth-order valence-corrected chi connectivity index (χ4v) is 2.59. The third-order valence-corrected chi connectivity index (χ3v) is 4.15. The topological polar surface area (TPSA) is 62.7 Å². The maximum atomic E-state index is 4.59. The largest absolute Gasteiger partial charge is 0.373 e. The molecule has 5 nitrogen and oxygen atoms in total. The molecule has 0 radical (unpaired) electrons. The van der Waals surface area contributed by atoms with Gasteiger partial charge in [-0.3, -0.25) is 0 Å². The molecule has 0 atom stereocenters. The van der Waals surface area contributed by atoms with Crippen LogP contribution < -0.4 is 10.6 Å². The molecule has 0 spiro atoms. The van der Waals surface area contributed by atoms with E-state index in [4.69, 9.17) is 0 Å². The molecule has 100 valence electrons. The zero-order chi connectivity index (χ0) is 13.2. The van der Waals surface area contributed by atoms with Gasteiger partial charge in [0.2, 0.25) is 0 Å². The summed E-state index contributed by atoms with van der Waals surface area (Å²) >= 11 is 1.67. The number of hydrogen-bond acceptors (Lipinski definition) is 6. The van der Waals surface area contributed by atoms with Crippen molar-refractivity contribution in [3.63, 3.8) is 0 Å². The standard InChI is InChI=1S/C13H17N5S/c1-8-10(19-7-16-8)6-15-12-5-11(14-2)17-13(18-12)9-3-4-9/h5,7,9H,3-4,6H2,1-2H3,(H2,14,15,17,18). The summed E-state index contributed by atoms with van der Waals surface area (Å²) in [6, 6.07) is 1.95. The number of nitrogens with zero attached hydrogens (tertiary/aromatic N) is 3. The van der Waals surface area contributed by atoms with Gasteiger partial charge in [-0.15, -0.1) is 11.3 Å². The third kappa shape index (κ3) is 2.84. The summed E-state index contributed by atoms with van der Waals surface area (Å²) in [5.41, 5.74) is 2.96. The minimum absolute atomic E-state index is 0.555. The molecule has 2 N–H and O–H groups in total. The average Bonchev–Trinajstić information content (AvgIpc) is 3.20. The van der Waals surface area contributed by atoms with Crippen molar-refractivity contribution in [2.45, 2.75) is 32.2 Å². The molecule has 2 aromatic heterocycles. The first-order chi connectivity index (χ1) is 9.26. The second kappa shape index (κ2) is 5.13. The van der Waals surface area contributed by atoms with Crippen LogP contribution in [0.1, 0.15) is 35.2 Å². The van der Waals surface area contributed by atoms with Crippen molar-refractivity contribution in [2.24, 2.45) is 0 Å². The second-order valence-electron chi connectivity index (χ2n) is 4.74. The van der Waals surface area contributed by atoms with Gasteiger partial charge < -0.3 is 10.6 Å². The van der Waals surface area contributed by atoms with E-state index < -0.39 is 0 Å². The zero-order valence-corrected chi connectivity index (χ0v) is 11.9. The number of aryl methyl sites for hydroxylation is 1. The van der Waals surface area contributed by atoms with Gasteiger partial charge >= 0.3 is 0 Å². The van der Waals surface area contributed by atoms with Crippen LogP contribution >= 0.6 is 11.3 Å². The van der Waals surface area contributed by atoms with Gasteiger partial charge in [0.25, 0.3) is 0 Å². The van der Waals surface area contributed by atoms with Gasteiger partial charge in [0.15, 0.2) is 0 Å². The molecule has 0 aliphatic heterocycles. The average molecular weight is 275 g/mol. The third-order valence-electron chi connectivity index (χ3n) is 3.22. The minimum atomic E-state index is 0.555. The van der Waals surface area contributed by atoms with Crippen molar-refractivity contribution in [3.8, 4) is 0 Å². The highest BCUT2D eigenvalue weighted by Gasteiger charge is 2.27. The fourth-order valence-electron chi connectivity index (χ4n) is 1.88. The van der Waals surface area contributed by atoms with E-state index in [1.54, 1.807) is 11.3 Å². The lowest BCUT2D eigenvalue weighted by Crippen LogP contribution is -2.06. The Balaban J connectivity index is 1.76. The Labute approximate surface area is 116 Å². The summed E-state index contributed by atoms with van der Waals surface area (Å²) in [4.78, 5) is 14.6. The summed E-state index contributed by atoms with van der Waals surface area (Å²) < 4.78 is 0. The van der Waals surface area contributed by atoms with E-state index in [1.807, 2.05) is 25.5 Å². The summed E-state index contributed by atoms with van der Waals surface area (Å²) in [6.07, 6.45) is 2.42. The Bertz CT molecular complexity index is 576. The normalized spacial score (nSPS) is 14.4. The number of aromatic nitrogens is 3. The minimum Gasteiger partial charge on any atom is -0.373 e. The lowest BCUT2D eigenvalue weighted by molar-refractivity contribution is 0.923. The summed E-state index contributed by atoms with van der Waals surface area (Å²) in [5.74, 6) is 3.27. The molecule has 2 aromatic rings. The molecule has 19 heavy (non-hydrogen) atoms. The zero-order valence-electron chi connectivity index (χ0n) is 11.1. The van der Waals surface area contributed by atoms with Gasteiger partial charge in [0, 0.05) is 23.9 Å². The number of hydrogen-bond donors (Lipinski definition) is 2. The first-order valence-electron chi connectivity index (χ1n) is 6.46. The molecular weight excluding hydrogens is 258 g/mol. The van der Waals surface area contributed by atoms with Crippen LogP contribution in [0.25, 0.3) is 0 Å². The molecule has 2 heterocycles. The van der Waals surface area contributed by atoms with E-state index in [-0.39, 0.29) is 0 Å². The lowest BCUT2D eigenvalue weighted by atomic mass is 10.3. The molecule has 1 fully saturated rings. The van der Waals surface area contributed by atoms with Gasteiger partial charge in [-0.05, 0) is 19.8 Å². The number of rotatable bonds is 5. The van der Waals surface area contributed by atoms with Gasteiger partial charge in [0.05, 0.1) is 17.7 Å². The fraction of sp³-hybridized carbons (Fsp3) is 0.462. The van der Waals surface area contributed by atoms with E-state index in [1.165, 1.54) is 17.7 Å². The van der Waals surface area contributed by atoms with Gasteiger partial charge in [0.1, 0.15) is 17.5 Å². The van der Waals surface area contributed by atoms with Gasteiger partial charge in [-0.2, -0.15) is 0 Å². The molecule has 0 amide bonds. The highest BCUT2D eigenvalue weighted by atomic mass is 32.1. The Kier molecular flexibility index (Phi) is 3.33. The predicted octanol–water partition coefficient (Wildman–Crippen LogP) is 2.77. The molecule has 1 aliphatic rings. The van der Waals surface area contributed by atoms with Gasteiger partial charge in [-0.25, -0.2) is 15.0 Å². The van der Waals surface area contributed by atoms with E-state index in [0.29, 0.717) is 5.92 Å². The maximum absolute atomic E-state index is 4.59. The van der Waals surface area contributed by atoms with Crippen LogP contribution in [-0.4, -0.2) is 22.0 Å². The molecule has 0 saturated heterocycles. The Morgan fingerprint density at radius 1 is 1.32 bits per heavy atom. The van der Waals surface area contributed by atoms with Crippen molar-refractivity contribution in [1.82, 2.24) is 15.0 Å². The van der Waals surface area contributed by atoms with Crippen LogP contribution in [0.4, 0.5) is 11.6 Å². The molecule has 1 saturated carbocycles. The SMILES string of the molecule is CNc1cc(NCc2scnc2C)nc(C2CC2)n1. The number of nitrogens with one attached hydrogen (secondary N) is 2. The summed E-state index contributed by atoms with van der Waals surface area (Å²) in [5, 5.41) is 6.46. The molecule has 0 aromatic carbocycles. The van der Waals surface area contributed by atoms with Crippen molar-refractivity contribution in [1.29, 1.82) is 0 Å². The van der Waals surface area contributed by atoms with Crippen LogP contribution in [0.5, 0.6) is 0 Å². The maximum Gasteiger partial charge on any atom is 0.136 e. The molecule has 0 unspecified atom stereocenters. The lowest BCUT2D eigenvalue weighted by Gasteiger charge is -2.09. The Hall–Kier alpha value is -1.69. The van der Waals surface area contributed by atoms with Crippen LogP contribution in [0.3, 0.4) is 0 Å². The van der Waals surface area contributed by atoms with Crippen LogP contribution in [0, 0.1) is 6.92 Å². The number of anilines is 2. The monoisotopic (exact) mass is 275 g/mol. The first kappa shape index (κ1) is 12.3. The smallest absolute Gasteiger partial charge is 0.136 e. The Morgan fingerprint density at radius 3 is 2.74 bits per heavy atom. The van der Waals surface area contributed by atoms with E-state index in [9.17, 15) is 0 Å². The van der Waals surface area contributed by atoms with Crippen molar-refractivity contribution in [3.05, 3.63) is 28.0 Å². The van der Waals surface area contributed by atoms with Crippen molar-refractivity contribution < 1.29 is 0 Å². The van der Waals surface area contributed by atoms with Crippen LogP contribution in [0.2, 0.25) is 0 Å². The predicted molar refractivity (Wildman–Crippen MR) is 77.7 cm³/mol. The first-order valence-corrected chi connectivity index (χ1v) is 7.34. The second-order valence-corrected chi connectivity index (χ2v) is 5.67. The van der Waals surface area contributed by atoms with E-state index in [0.717, 1.165) is 29.7 Å².